The van der Waals surface area contributed by atoms with Crippen LogP contribution in [0.15, 0.2) is 11.4 Å². The van der Waals surface area contributed by atoms with Gasteiger partial charge in [-0.25, -0.2) is 0 Å². The second-order valence-electron chi connectivity index (χ2n) is 1.85. The minimum atomic E-state index is 0.578. The number of alkyl halides is 1. The van der Waals surface area contributed by atoms with Gasteiger partial charge < -0.3 is 0 Å². The molecule has 0 aliphatic heterocycles. The highest BCUT2D eigenvalue weighted by molar-refractivity contribution is 7.14. The maximum Gasteiger partial charge on any atom is 0.108 e. The minimum Gasteiger partial charge on any atom is -0.131 e. The van der Waals surface area contributed by atoms with Gasteiger partial charge in [0.25, 0.3) is 0 Å². The van der Waals surface area contributed by atoms with E-state index in [0.29, 0.717) is 12.3 Å². The first kappa shape index (κ1) is 8.93. The number of thiophene rings is 1. The molecule has 0 atom stereocenters. The number of hydrogen-bond acceptors (Lipinski definition) is 1. The summed E-state index contributed by atoms with van der Waals surface area (Å²) >= 11 is 12.7. The van der Waals surface area contributed by atoms with Crippen molar-refractivity contribution >= 4 is 34.5 Å². The van der Waals surface area contributed by atoms with Crippen molar-refractivity contribution in [2.24, 2.45) is 0 Å². The van der Waals surface area contributed by atoms with Crippen LogP contribution in [0.1, 0.15) is 12.0 Å². The van der Waals surface area contributed by atoms with E-state index in [1.54, 1.807) is 0 Å². The maximum atomic E-state index is 5.80. The van der Waals surface area contributed by atoms with Crippen molar-refractivity contribution in [3.63, 3.8) is 0 Å². The van der Waals surface area contributed by atoms with E-state index in [0.717, 1.165) is 9.90 Å². The number of halogens is 2. The smallest absolute Gasteiger partial charge is 0.108 e. The largest absolute Gasteiger partial charge is 0.131 e. The van der Waals surface area contributed by atoms with Crippen LogP contribution in [-0.4, -0.2) is 5.88 Å². The fourth-order valence-electron chi connectivity index (χ4n) is 0.587. The van der Waals surface area contributed by atoms with Gasteiger partial charge >= 0.3 is 0 Å². The Kier molecular flexibility index (Phi) is 3.79. The second kappa shape index (κ2) is 4.66. The van der Waals surface area contributed by atoms with E-state index in [1.807, 2.05) is 11.4 Å². The predicted octanol–water partition coefficient (Wildman–Crippen LogP) is 3.38. The Bertz CT molecular complexity index is 280. The predicted molar refractivity (Wildman–Crippen MR) is 51.5 cm³/mol. The molecule has 0 nitrogen and oxygen atoms in total. The molecule has 0 N–H and O–H groups in total. The summed E-state index contributed by atoms with van der Waals surface area (Å²) in [6.45, 7) is 0. The number of rotatable bonds is 1. The lowest BCUT2D eigenvalue weighted by Crippen LogP contribution is -1.69. The lowest BCUT2D eigenvalue weighted by atomic mass is 10.3. The van der Waals surface area contributed by atoms with Crippen molar-refractivity contribution in [3.8, 4) is 11.8 Å². The van der Waals surface area contributed by atoms with Gasteiger partial charge in [0.15, 0.2) is 0 Å². The van der Waals surface area contributed by atoms with Crippen LogP contribution in [0, 0.1) is 11.8 Å². The van der Waals surface area contributed by atoms with Gasteiger partial charge in [0.1, 0.15) is 4.34 Å². The Hall–Kier alpha value is -0.160. The molecule has 0 amide bonds. The maximum absolute atomic E-state index is 5.80. The Balaban J connectivity index is 2.65. The molecule has 58 valence electrons. The van der Waals surface area contributed by atoms with Crippen molar-refractivity contribution in [3.05, 3.63) is 21.3 Å². The van der Waals surface area contributed by atoms with Gasteiger partial charge in [-0.05, 0) is 11.4 Å². The Morgan fingerprint density at radius 1 is 1.55 bits per heavy atom. The summed E-state index contributed by atoms with van der Waals surface area (Å²) < 4.78 is 0.757. The lowest BCUT2D eigenvalue weighted by Gasteiger charge is -1.81. The first-order valence-corrected chi connectivity index (χ1v) is 4.91. The summed E-state index contributed by atoms with van der Waals surface area (Å²) in [4.78, 5) is 0. The van der Waals surface area contributed by atoms with Gasteiger partial charge in [0.05, 0.1) is 5.56 Å². The molecule has 11 heavy (non-hydrogen) atoms. The fraction of sp³-hybridized carbons (Fsp3) is 0.250. The molecular weight excluding hydrogens is 199 g/mol. The molecular formula is C8H6Cl2S. The molecule has 0 fully saturated rings. The van der Waals surface area contributed by atoms with Crippen molar-refractivity contribution in [1.29, 1.82) is 0 Å². The zero-order valence-electron chi connectivity index (χ0n) is 5.73. The molecule has 0 saturated heterocycles. The normalized spacial score (nSPS) is 8.91. The van der Waals surface area contributed by atoms with Crippen LogP contribution in [-0.2, 0) is 0 Å². The molecule has 0 saturated carbocycles. The molecule has 0 spiro atoms. The highest BCUT2D eigenvalue weighted by atomic mass is 35.5. The van der Waals surface area contributed by atoms with Crippen LogP contribution in [0.5, 0.6) is 0 Å². The molecule has 0 unspecified atom stereocenters. The summed E-state index contributed by atoms with van der Waals surface area (Å²) in [6.07, 6.45) is 0.716. The Morgan fingerprint density at radius 2 is 2.36 bits per heavy atom. The van der Waals surface area contributed by atoms with Crippen molar-refractivity contribution in [2.75, 3.05) is 5.88 Å². The van der Waals surface area contributed by atoms with E-state index < -0.39 is 0 Å². The third kappa shape index (κ3) is 2.75. The summed E-state index contributed by atoms with van der Waals surface area (Å²) in [5, 5.41) is 1.92. The van der Waals surface area contributed by atoms with Crippen molar-refractivity contribution < 1.29 is 0 Å². The van der Waals surface area contributed by atoms with Crippen molar-refractivity contribution in [1.82, 2.24) is 0 Å². The van der Waals surface area contributed by atoms with Crippen LogP contribution in [0.25, 0.3) is 0 Å². The summed E-state index contributed by atoms with van der Waals surface area (Å²) in [5.41, 5.74) is 0.904. The molecule has 0 radical (unpaired) electrons. The molecule has 0 aliphatic carbocycles. The molecule has 1 rings (SSSR count). The van der Waals surface area contributed by atoms with E-state index in [1.165, 1.54) is 11.3 Å². The molecule has 0 aliphatic rings. The minimum absolute atomic E-state index is 0.578. The molecule has 1 aromatic heterocycles. The van der Waals surface area contributed by atoms with Crippen LogP contribution < -0.4 is 0 Å². The highest BCUT2D eigenvalue weighted by Crippen LogP contribution is 2.21. The van der Waals surface area contributed by atoms with Crippen molar-refractivity contribution in [2.45, 2.75) is 6.42 Å². The van der Waals surface area contributed by atoms with Crippen LogP contribution >= 0.6 is 34.5 Å². The first-order chi connectivity index (χ1) is 5.34. The highest BCUT2D eigenvalue weighted by Gasteiger charge is 1.94. The average molecular weight is 205 g/mol. The lowest BCUT2D eigenvalue weighted by molar-refractivity contribution is 1.29. The van der Waals surface area contributed by atoms with Crippen LogP contribution in [0.2, 0.25) is 4.34 Å². The zero-order valence-corrected chi connectivity index (χ0v) is 8.06. The van der Waals surface area contributed by atoms with E-state index in [2.05, 4.69) is 11.8 Å². The molecule has 1 aromatic rings. The molecule has 3 heteroatoms. The fourth-order valence-corrected chi connectivity index (χ4v) is 1.52. The monoisotopic (exact) mass is 204 g/mol. The van der Waals surface area contributed by atoms with E-state index in [9.17, 15) is 0 Å². The van der Waals surface area contributed by atoms with E-state index in [4.69, 9.17) is 23.2 Å². The van der Waals surface area contributed by atoms with E-state index in [-0.39, 0.29) is 0 Å². The van der Waals surface area contributed by atoms with Gasteiger partial charge in [-0.3, -0.25) is 0 Å². The van der Waals surface area contributed by atoms with Crippen LogP contribution in [0.3, 0.4) is 0 Å². The summed E-state index contributed by atoms with van der Waals surface area (Å²) in [7, 11) is 0. The molecule has 0 bridgehead atoms. The first-order valence-electron chi connectivity index (χ1n) is 3.12. The Morgan fingerprint density at radius 3 is 2.91 bits per heavy atom. The summed E-state index contributed by atoms with van der Waals surface area (Å²) in [5.74, 6) is 6.43. The van der Waals surface area contributed by atoms with E-state index >= 15 is 0 Å². The zero-order chi connectivity index (χ0) is 8.10. The molecule has 1 heterocycles. The standard InChI is InChI=1S/C8H6Cl2S/c9-5-2-1-3-7-4-6-11-8(7)10/h4,6H,2,5H2. The SMILES string of the molecule is ClCCC#Cc1ccsc1Cl. The van der Waals surface area contributed by atoms with Gasteiger partial charge in [0, 0.05) is 12.3 Å². The summed E-state index contributed by atoms with van der Waals surface area (Å²) in [6, 6.07) is 1.91. The van der Waals surface area contributed by atoms with Gasteiger partial charge in [-0.2, -0.15) is 0 Å². The van der Waals surface area contributed by atoms with Gasteiger partial charge in [-0.1, -0.05) is 23.4 Å². The Labute approximate surface area is 80.1 Å². The third-order valence-corrected chi connectivity index (χ3v) is 2.42. The second-order valence-corrected chi connectivity index (χ2v) is 3.74. The topological polar surface area (TPSA) is 0 Å². The number of hydrogen-bond donors (Lipinski definition) is 0. The average Bonchev–Trinajstić information content (AvgIpc) is 2.37. The molecule has 0 aromatic carbocycles. The van der Waals surface area contributed by atoms with Gasteiger partial charge in [-0.15, -0.1) is 22.9 Å². The quantitative estimate of drug-likeness (QED) is 0.487. The third-order valence-electron chi connectivity index (χ3n) is 1.06. The van der Waals surface area contributed by atoms with Gasteiger partial charge in [0.2, 0.25) is 0 Å². The van der Waals surface area contributed by atoms with Crippen LogP contribution in [0.4, 0.5) is 0 Å².